The van der Waals surface area contributed by atoms with E-state index < -0.39 is 5.97 Å². The molecule has 0 aliphatic carbocycles. The Morgan fingerprint density at radius 3 is 1.86 bits per heavy atom. The Kier molecular flexibility index (Phi) is 14.1. The molecular formula is C14H11O5Y2-. The molecule has 0 fully saturated rings. The Balaban J connectivity index is 0. The van der Waals surface area contributed by atoms with E-state index in [0.717, 1.165) is 0 Å². The minimum absolute atomic E-state index is 0. The van der Waals surface area contributed by atoms with Crippen molar-refractivity contribution in [2.45, 2.75) is 0 Å². The number of carboxylic acid groups (broad SMARTS) is 2. The van der Waals surface area contributed by atoms with Gasteiger partial charge < -0.3 is 14.9 Å². The van der Waals surface area contributed by atoms with Crippen LogP contribution in [-0.2, 0) is 70.2 Å². The Bertz CT molecular complexity index is 529. The van der Waals surface area contributed by atoms with Crippen molar-refractivity contribution in [1.82, 2.24) is 0 Å². The molecule has 0 spiro atoms. The number of ether oxygens (including phenoxy) is 1. The molecule has 104 valence electrons. The van der Waals surface area contributed by atoms with Crippen molar-refractivity contribution in [3.63, 3.8) is 0 Å². The quantitative estimate of drug-likeness (QED) is 0.570. The SMILES string of the molecule is O=C(O)c1ccc(Oc2cc[c-]cc2)cc1.O=CO.[Y].[Y]. The standard InChI is InChI=1S/C13H9O3.CH2O2.2Y/c14-13(15)10-6-8-12(9-7-10)16-11-4-2-1-3-5-11;2-1-3;;/h2-9H,(H,14,15);1H,(H,2,3);;/q-1;;;. The van der Waals surface area contributed by atoms with Gasteiger partial charge in [0.2, 0.25) is 0 Å². The Labute approximate surface area is 172 Å². The number of hydrogen-bond acceptors (Lipinski definition) is 3. The minimum Gasteiger partial charge on any atom is -0.483 e. The summed E-state index contributed by atoms with van der Waals surface area (Å²) in [6, 6.07) is 16.2. The van der Waals surface area contributed by atoms with E-state index in [1.54, 1.807) is 36.4 Å². The normalized spacial score (nSPS) is 8.00. The van der Waals surface area contributed by atoms with Gasteiger partial charge in [-0.15, -0.1) is 12.1 Å². The molecule has 0 saturated heterocycles. The summed E-state index contributed by atoms with van der Waals surface area (Å²) in [4.78, 5) is 19.0. The average Bonchev–Trinajstić information content (AvgIpc) is 2.41. The third-order valence-corrected chi connectivity index (χ3v) is 2.02. The molecule has 0 bridgehead atoms. The summed E-state index contributed by atoms with van der Waals surface area (Å²) in [5.74, 6) is 0.360. The van der Waals surface area contributed by atoms with Crippen LogP contribution in [0, 0.1) is 6.07 Å². The van der Waals surface area contributed by atoms with Crippen LogP contribution in [0.3, 0.4) is 0 Å². The van der Waals surface area contributed by atoms with Crippen molar-refractivity contribution < 1.29 is 90.0 Å². The van der Waals surface area contributed by atoms with Crippen molar-refractivity contribution in [3.8, 4) is 11.5 Å². The summed E-state index contributed by atoms with van der Waals surface area (Å²) in [6.07, 6.45) is 0. The maximum absolute atomic E-state index is 10.6. The molecule has 0 heterocycles. The van der Waals surface area contributed by atoms with Crippen LogP contribution in [-0.4, -0.2) is 22.7 Å². The summed E-state index contributed by atoms with van der Waals surface area (Å²) in [5, 5.41) is 15.6. The van der Waals surface area contributed by atoms with Crippen LogP contribution in [0.4, 0.5) is 0 Å². The molecule has 0 aromatic heterocycles. The predicted octanol–water partition coefficient (Wildman–Crippen LogP) is 2.67. The maximum Gasteiger partial charge on any atom is 0.335 e. The first kappa shape index (κ1) is 22.7. The molecule has 2 rings (SSSR count). The molecule has 21 heavy (non-hydrogen) atoms. The second-order valence-electron chi connectivity index (χ2n) is 3.27. The zero-order chi connectivity index (χ0) is 14.1. The first-order valence-electron chi connectivity index (χ1n) is 5.22. The van der Waals surface area contributed by atoms with Gasteiger partial charge in [0.1, 0.15) is 5.75 Å². The van der Waals surface area contributed by atoms with Gasteiger partial charge in [-0.25, -0.2) is 4.79 Å². The number of rotatable bonds is 3. The molecule has 7 heteroatoms. The van der Waals surface area contributed by atoms with Crippen LogP contribution in [0.2, 0.25) is 0 Å². The molecule has 0 atom stereocenters. The van der Waals surface area contributed by atoms with Crippen LogP contribution in [0.15, 0.2) is 48.5 Å². The van der Waals surface area contributed by atoms with E-state index >= 15 is 0 Å². The van der Waals surface area contributed by atoms with Crippen LogP contribution in [0.25, 0.3) is 0 Å². The zero-order valence-corrected chi connectivity index (χ0v) is 16.6. The first-order chi connectivity index (χ1) is 9.17. The van der Waals surface area contributed by atoms with Gasteiger partial charge in [0, 0.05) is 71.2 Å². The Morgan fingerprint density at radius 1 is 1.00 bits per heavy atom. The van der Waals surface area contributed by atoms with Crippen LogP contribution in [0.5, 0.6) is 11.5 Å². The third-order valence-electron chi connectivity index (χ3n) is 2.02. The fraction of sp³-hybridized carbons (Fsp3) is 0. The minimum atomic E-state index is -0.944. The molecule has 2 aromatic rings. The number of aromatic carboxylic acids is 1. The van der Waals surface area contributed by atoms with Crippen molar-refractivity contribution in [2.24, 2.45) is 0 Å². The van der Waals surface area contributed by atoms with Crippen molar-refractivity contribution in [1.29, 1.82) is 0 Å². The van der Waals surface area contributed by atoms with Gasteiger partial charge in [-0.3, -0.25) is 4.79 Å². The van der Waals surface area contributed by atoms with Gasteiger partial charge in [-0.1, -0.05) is 0 Å². The summed E-state index contributed by atoms with van der Waals surface area (Å²) in [6.45, 7) is -0.250. The van der Waals surface area contributed by atoms with Crippen molar-refractivity contribution >= 4 is 12.4 Å². The summed E-state index contributed by atoms with van der Waals surface area (Å²) < 4.78 is 5.50. The number of hydrogen-bond donors (Lipinski definition) is 2. The fourth-order valence-electron chi connectivity index (χ4n) is 1.24. The third kappa shape index (κ3) is 9.09. The molecule has 0 unspecified atom stereocenters. The second-order valence-corrected chi connectivity index (χ2v) is 3.27. The zero-order valence-electron chi connectivity index (χ0n) is 11.0. The van der Waals surface area contributed by atoms with E-state index in [9.17, 15) is 4.79 Å². The van der Waals surface area contributed by atoms with Gasteiger partial charge >= 0.3 is 5.97 Å². The van der Waals surface area contributed by atoms with Crippen molar-refractivity contribution in [2.75, 3.05) is 0 Å². The summed E-state index contributed by atoms with van der Waals surface area (Å²) >= 11 is 0. The maximum atomic E-state index is 10.6. The molecule has 2 radical (unpaired) electrons. The molecule has 2 aromatic carbocycles. The first-order valence-corrected chi connectivity index (χ1v) is 5.22. The number of carbonyl (C=O) groups is 2. The molecular weight excluding hydrogens is 426 g/mol. The Morgan fingerprint density at radius 2 is 1.43 bits per heavy atom. The molecule has 0 amide bonds. The smallest absolute Gasteiger partial charge is 0.335 e. The van der Waals surface area contributed by atoms with Gasteiger partial charge in [0.05, 0.1) is 5.56 Å². The van der Waals surface area contributed by atoms with Crippen molar-refractivity contribution in [3.05, 3.63) is 60.2 Å². The van der Waals surface area contributed by atoms with E-state index in [2.05, 4.69) is 6.07 Å². The molecule has 2 N–H and O–H groups in total. The van der Waals surface area contributed by atoms with E-state index in [-0.39, 0.29) is 77.5 Å². The fourth-order valence-corrected chi connectivity index (χ4v) is 1.24. The van der Waals surface area contributed by atoms with E-state index in [1.807, 2.05) is 0 Å². The monoisotopic (exact) mass is 437 g/mol. The average molecular weight is 437 g/mol. The topological polar surface area (TPSA) is 83.8 Å². The Hall–Kier alpha value is -0.612. The number of benzene rings is 2. The van der Waals surface area contributed by atoms with Gasteiger partial charge in [-0.05, 0) is 24.3 Å². The van der Waals surface area contributed by atoms with Crippen LogP contribution >= 0.6 is 0 Å². The van der Waals surface area contributed by atoms with Gasteiger partial charge in [-0.2, -0.15) is 18.2 Å². The molecule has 5 nitrogen and oxygen atoms in total. The summed E-state index contributed by atoms with van der Waals surface area (Å²) in [5.41, 5.74) is 0.244. The van der Waals surface area contributed by atoms with E-state index in [4.69, 9.17) is 19.7 Å². The van der Waals surface area contributed by atoms with Crippen LogP contribution < -0.4 is 4.74 Å². The molecule has 0 aliphatic heterocycles. The molecule has 0 saturated carbocycles. The number of carboxylic acids is 1. The van der Waals surface area contributed by atoms with Crippen LogP contribution in [0.1, 0.15) is 10.4 Å². The van der Waals surface area contributed by atoms with E-state index in [1.165, 1.54) is 12.1 Å². The van der Waals surface area contributed by atoms with E-state index in [0.29, 0.717) is 11.5 Å². The second kappa shape index (κ2) is 13.1. The predicted molar refractivity (Wildman–Crippen MR) is 67.4 cm³/mol. The molecule has 0 aliphatic rings. The van der Waals surface area contributed by atoms with Gasteiger partial charge in [0.15, 0.2) is 0 Å². The largest absolute Gasteiger partial charge is 0.483 e. The summed E-state index contributed by atoms with van der Waals surface area (Å²) in [7, 11) is 0. The van der Waals surface area contributed by atoms with Gasteiger partial charge in [0.25, 0.3) is 6.47 Å².